The Kier molecular flexibility index (Phi) is 4.91. The zero-order valence-electron chi connectivity index (χ0n) is 11.7. The van der Waals surface area contributed by atoms with Crippen molar-refractivity contribution < 1.29 is 8.78 Å². The van der Waals surface area contributed by atoms with Crippen molar-refractivity contribution in [1.82, 2.24) is 9.55 Å². The average Bonchev–Trinajstić information content (AvgIpc) is 2.80. The van der Waals surface area contributed by atoms with Gasteiger partial charge >= 0.3 is 0 Å². The Morgan fingerprint density at radius 1 is 1.40 bits per heavy atom. The van der Waals surface area contributed by atoms with E-state index < -0.39 is 11.6 Å². The largest absolute Gasteiger partial charge is 0.320 e. The van der Waals surface area contributed by atoms with Gasteiger partial charge in [-0.1, -0.05) is 6.92 Å². The van der Waals surface area contributed by atoms with Crippen molar-refractivity contribution in [2.45, 2.75) is 31.7 Å². The number of rotatable bonds is 5. The molecule has 0 aliphatic carbocycles. The van der Waals surface area contributed by atoms with E-state index in [-0.39, 0.29) is 16.9 Å². The summed E-state index contributed by atoms with van der Waals surface area (Å²) in [6, 6.07) is 2.65. The van der Waals surface area contributed by atoms with Crippen molar-refractivity contribution in [2.75, 3.05) is 12.0 Å². The molecule has 110 valence electrons. The predicted octanol–water partition coefficient (Wildman–Crippen LogP) is 4.93. The van der Waals surface area contributed by atoms with Gasteiger partial charge in [-0.15, -0.1) is 11.6 Å². The Bertz CT molecular complexity index is 613. The lowest BCUT2D eigenvalue weighted by Crippen LogP contribution is -2.15. The topological polar surface area (TPSA) is 17.8 Å². The number of imidazole rings is 1. The number of halogens is 3. The van der Waals surface area contributed by atoms with Crippen LogP contribution in [0, 0.1) is 11.6 Å². The van der Waals surface area contributed by atoms with Gasteiger partial charge in [0.2, 0.25) is 0 Å². The van der Waals surface area contributed by atoms with Crippen LogP contribution in [0.25, 0.3) is 11.0 Å². The molecule has 20 heavy (non-hydrogen) atoms. The summed E-state index contributed by atoms with van der Waals surface area (Å²) >= 11 is 7.83. The van der Waals surface area contributed by atoms with Crippen molar-refractivity contribution in [3.63, 3.8) is 0 Å². The molecular formula is C14H17ClF2N2S. The fraction of sp³-hybridized carbons (Fsp3) is 0.500. The number of hydrogen-bond donors (Lipinski definition) is 0. The van der Waals surface area contributed by atoms with Gasteiger partial charge in [0, 0.05) is 11.8 Å². The molecule has 6 heteroatoms. The lowest BCUT2D eigenvalue weighted by atomic mass is 10.2. The summed E-state index contributed by atoms with van der Waals surface area (Å²) in [5, 5.41) is -0.360. The maximum absolute atomic E-state index is 14.2. The molecule has 0 spiro atoms. The first-order valence-electron chi connectivity index (χ1n) is 6.50. The molecule has 0 radical (unpaired) electrons. The first-order chi connectivity index (χ1) is 9.51. The molecule has 1 heterocycles. The SMILES string of the molecule is CCC(CSC)n1c(C(C)Cl)nc2ccc(F)c(F)c21. The van der Waals surface area contributed by atoms with Crippen LogP contribution in [-0.2, 0) is 0 Å². The van der Waals surface area contributed by atoms with Crippen LogP contribution in [0.4, 0.5) is 8.78 Å². The molecule has 0 amide bonds. The molecule has 0 fully saturated rings. The molecule has 1 aromatic carbocycles. The minimum atomic E-state index is -0.855. The van der Waals surface area contributed by atoms with E-state index in [1.807, 2.05) is 13.2 Å². The van der Waals surface area contributed by atoms with Gasteiger partial charge in [-0.2, -0.15) is 11.8 Å². The van der Waals surface area contributed by atoms with Gasteiger partial charge in [-0.3, -0.25) is 0 Å². The lowest BCUT2D eigenvalue weighted by molar-refractivity contribution is 0.492. The average molecular weight is 319 g/mol. The van der Waals surface area contributed by atoms with Crippen LogP contribution in [0.2, 0.25) is 0 Å². The third-order valence-corrected chi connectivity index (χ3v) is 4.23. The first kappa shape index (κ1) is 15.6. The second-order valence-electron chi connectivity index (χ2n) is 4.70. The van der Waals surface area contributed by atoms with Crippen molar-refractivity contribution in [1.29, 1.82) is 0 Å². The zero-order valence-corrected chi connectivity index (χ0v) is 13.2. The highest BCUT2D eigenvalue weighted by molar-refractivity contribution is 7.98. The third-order valence-electron chi connectivity index (χ3n) is 3.32. The highest BCUT2D eigenvalue weighted by atomic mass is 35.5. The smallest absolute Gasteiger partial charge is 0.184 e. The molecule has 0 saturated heterocycles. The number of benzene rings is 1. The molecule has 0 N–H and O–H groups in total. The number of thioether (sulfide) groups is 1. The number of alkyl halides is 1. The van der Waals surface area contributed by atoms with Crippen molar-refractivity contribution in [3.05, 3.63) is 29.6 Å². The van der Waals surface area contributed by atoms with Crippen LogP contribution in [0.15, 0.2) is 12.1 Å². The minimum absolute atomic E-state index is 0.0440. The highest BCUT2D eigenvalue weighted by Crippen LogP contribution is 2.32. The minimum Gasteiger partial charge on any atom is -0.320 e. The number of hydrogen-bond acceptors (Lipinski definition) is 2. The second-order valence-corrected chi connectivity index (χ2v) is 6.27. The third kappa shape index (κ3) is 2.66. The maximum atomic E-state index is 14.2. The fourth-order valence-electron chi connectivity index (χ4n) is 2.36. The number of nitrogens with zero attached hydrogens (tertiary/aromatic N) is 2. The van der Waals surface area contributed by atoms with Gasteiger partial charge in [0.05, 0.1) is 10.9 Å². The van der Waals surface area contributed by atoms with E-state index in [1.165, 1.54) is 6.07 Å². The molecule has 2 atom stereocenters. The van der Waals surface area contributed by atoms with E-state index in [1.54, 1.807) is 23.3 Å². The summed E-state index contributed by atoms with van der Waals surface area (Å²) < 4.78 is 29.5. The molecule has 2 nitrogen and oxygen atoms in total. The zero-order chi connectivity index (χ0) is 14.9. The van der Waals surface area contributed by atoms with Crippen molar-refractivity contribution in [2.24, 2.45) is 0 Å². The van der Waals surface area contributed by atoms with Crippen LogP contribution < -0.4 is 0 Å². The summed E-state index contributed by atoms with van der Waals surface area (Å²) in [6.45, 7) is 3.81. The maximum Gasteiger partial charge on any atom is 0.184 e. The summed E-state index contributed by atoms with van der Waals surface area (Å²) in [4.78, 5) is 4.38. The number of fused-ring (bicyclic) bond motifs is 1. The monoisotopic (exact) mass is 318 g/mol. The fourth-order valence-corrected chi connectivity index (χ4v) is 3.28. The van der Waals surface area contributed by atoms with Gasteiger partial charge in [0.15, 0.2) is 11.6 Å². The molecule has 0 saturated carbocycles. The van der Waals surface area contributed by atoms with Crippen molar-refractivity contribution >= 4 is 34.4 Å². The van der Waals surface area contributed by atoms with Crippen LogP contribution in [0.3, 0.4) is 0 Å². The Labute approximate surface area is 126 Å². The standard InChI is InChI=1S/C14H17ClF2N2S/c1-4-9(7-20-3)19-13-11(18-14(19)8(2)15)6-5-10(16)12(13)17/h5-6,8-9H,4,7H2,1-3H3. The predicted molar refractivity (Wildman–Crippen MR) is 81.6 cm³/mol. The Hall–Kier alpha value is -0.810. The summed E-state index contributed by atoms with van der Waals surface area (Å²) in [6.07, 6.45) is 2.79. The van der Waals surface area contributed by atoms with Crippen LogP contribution >= 0.6 is 23.4 Å². The van der Waals surface area contributed by atoms with E-state index in [0.29, 0.717) is 11.3 Å². The van der Waals surface area contributed by atoms with E-state index in [4.69, 9.17) is 11.6 Å². The lowest BCUT2D eigenvalue weighted by Gasteiger charge is -2.20. The molecule has 2 unspecified atom stereocenters. The van der Waals surface area contributed by atoms with E-state index in [0.717, 1.165) is 18.2 Å². The van der Waals surface area contributed by atoms with Gasteiger partial charge < -0.3 is 4.57 Å². The quantitative estimate of drug-likeness (QED) is 0.728. The van der Waals surface area contributed by atoms with Gasteiger partial charge in [0.1, 0.15) is 11.3 Å². The molecule has 0 bridgehead atoms. The second kappa shape index (κ2) is 6.31. The molecule has 0 aliphatic heterocycles. The first-order valence-corrected chi connectivity index (χ1v) is 8.33. The molecule has 2 rings (SSSR count). The van der Waals surface area contributed by atoms with E-state index in [2.05, 4.69) is 4.98 Å². The Balaban J connectivity index is 2.75. The number of aromatic nitrogens is 2. The van der Waals surface area contributed by atoms with Crippen LogP contribution in [0.1, 0.15) is 37.5 Å². The van der Waals surface area contributed by atoms with E-state index in [9.17, 15) is 8.78 Å². The van der Waals surface area contributed by atoms with Crippen molar-refractivity contribution in [3.8, 4) is 0 Å². The van der Waals surface area contributed by atoms with E-state index >= 15 is 0 Å². The van der Waals surface area contributed by atoms with Crippen LogP contribution in [-0.4, -0.2) is 21.6 Å². The van der Waals surface area contributed by atoms with Gasteiger partial charge in [-0.25, -0.2) is 13.8 Å². The van der Waals surface area contributed by atoms with Gasteiger partial charge in [0.25, 0.3) is 0 Å². The molecule has 1 aromatic heterocycles. The molecule has 0 aliphatic rings. The molecular weight excluding hydrogens is 302 g/mol. The Morgan fingerprint density at radius 2 is 2.10 bits per heavy atom. The molecule has 2 aromatic rings. The highest BCUT2D eigenvalue weighted by Gasteiger charge is 2.24. The normalized spacial score (nSPS) is 14.7. The summed E-state index contributed by atoms with van der Waals surface area (Å²) in [5.41, 5.74) is 0.666. The summed E-state index contributed by atoms with van der Waals surface area (Å²) in [5.74, 6) is -0.314. The van der Waals surface area contributed by atoms with Gasteiger partial charge in [-0.05, 0) is 31.7 Å². The summed E-state index contributed by atoms with van der Waals surface area (Å²) in [7, 11) is 0. The van der Waals surface area contributed by atoms with Crippen LogP contribution in [0.5, 0.6) is 0 Å². The Morgan fingerprint density at radius 3 is 2.65 bits per heavy atom.